The van der Waals surface area contributed by atoms with Crippen LogP contribution < -0.4 is 4.90 Å². The second-order valence-corrected chi connectivity index (χ2v) is 7.40. The molecule has 5 heteroatoms. The first-order valence-electron chi connectivity index (χ1n) is 7.47. The molecule has 106 valence electrons. The molecule has 4 heterocycles. The number of hydrogen-bond donors (Lipinski definition) is 0. The van der Waals surface area contributed by atoms with Crippen molar-refractivity contribution in [2.45, 2.75) is 20.3 Å². The van der Waals surface area contributed by atoms with Gasteiger partial charge in [-0.3, -0.25) is 0 Å². The maximum absolute atomic E-state index is 4.70. The predicted molar refractivity (Wildman–Crippen MR) is 86.0 cm³/mol. The average Bonchev–Trinajstić information content (AvgIpc) is 2.91. The number of piperidine rings is 1. The minimum absolute atomic E-state index is 0.909. The summed E-state index contributed by atoms with van der Waals surface area (Å²) in [6.07, 6.45) is 3.13. The van der Waals surface area contributed by atoms with Crippen LogP contribution in [0.5, 0.6) is 0 Å². The van der Waals surface area contributed by atoms with E-state index >= 15 is 0 Å². The molecule has 0 aromatic carbocycles. The molecule has 2 fully saturated rings. The van der Waals surface area contributed by atoms with E-state index in [4.69, 9.17) is 4.98 Å². The zero-order valence-electron chi connectivity index (χ0n) is 12.1. The topological polar surface area (TPSA) is 41.9 Å². The van der Waals surface area contributed by atoms with E-state index in [1.165, 1.54) is 22.1 Å². The van der Waals surface area contributed by atoms with Gasteiger partial charge >= 0.3 is 0 Å². The first-order valence-corrected chi connectivity index (χ1v) is 8.29. The molecule has 5 rings (SSSR count). The lowest BCUT2D eigenvalue weighted by Crippen LogP contribution is -2.22. The molecule has 1 aliphatic carbocycles. The van der Waals surface area contributed by atoms with Gasteiger partial charge in [-0.2, -0.15) is 0 Å². The Bertz CT molecular complexity index is 875. The van der Waals surface area contributed by atoms with Gasteiger partial charge in [0.1, 0.15) is 17.0 Å². The third-order valence-electron chi connectivity index (χ3n) is 4.81. The van der Waals surface area contributed by atoms with Crippen LogP contribution in [0.2, 0.25) is 0 Å². The molecule has 1 aliphatic heterocycles. The molecular weight excluding hydrogens is 280 g/mol. The van der Waals surface area contributed by atoms with Crippen LogP contribution in [-0.2, 0) is 0 Å². The Morgan fingerprint density at radius 2 is 2.00 bits per heavy atom. The summed E-state index contributed by atoms with van der Waals surface area (Å²) < 4.78 is 1.20. The number of fused-ring (bicyclic) bond motifs is 4. The Morgan fingerprint density at radius 1 is 1.19 bits per heavy atom. The smallest absolute Gasteiger partial charge is 0.150 e. The van der Waals surface area contributed by atoms with Gasteiger partial charge < -0.3 is 4.90 Å². The number of nitrogens with zero attached hydrogens (tertiary/aromatic N) is 4. The largest absolute Gasteiger partial charge is 0.355 e. The highest BCUT2D eigenvalue weighted by atomic mass is 32.1. The van der Waals surface area contributed by atoms with E-state index in [0.717, 1.165) is 46.8 Å². The molecular formula is C16H16N4S. The van der Waals surface area contributed by atoms with Crippen LogP contribution in [0.15, 0.2) is 12.4 Å². The number of rotatable bonds is 1. The number of aryl methyl sites for hydroxylation is 2. The number of thiophene rings is 1. The fourth-order valence-corrected chi connectivity index (χ4v) is 4.96. The summed E-state index contributed by atoms with van der Waals surface area (Å²) in [5, 5.41) is 1.20. The molecule has 3 aromatic heterocycles. The van der Waals surface area contributed by atoms with Crippen LogP contribution in [-0.4, -0.2) is 28.0 Å². The first kappa shape index (κ1) is 11.9. The van der Waals surface area contributed by atoms with Crippen molar-refractivity contribution < 1.29 is 0 Å². The van der Waals surface area contributed by atoms with Crippen LogP contribution in [0.1, 0.15) is 17.7 Å². The van der Waals surface area contributed by atoms with E-state index in [-0.39, 0.29) is 0 Å². The van der Waals surface area contributed by atoms with Gasteiger partial charge in [-0.05, 0) is 43.7 Å². The van der Waals surface area contributed by atoms with Crippen molar-refractivity contribution >= 4 is 37.6 Å². The molecule has 2 atom stereocenters. The van der Waals surface area contributed by atoms with Crippen LogP contribution >= 0.6 is 11.3 Å². The third-order valence-corrected chi connectivity index (χ3v) is 5.88. The molecule has 2 unspecified atom stereocenters. The van der Waals surface area contributed by atoms with Crippen LogP contribution in [0.4, 0.5) is 5.82 Å². The van der Waals surface area contributed by atoms with Crippen molar-refractivity contribution in [3.8, 4) is 0 Å². The molecule has 0 N–H and O–H groups in total. The number of hydrogen-bond acceptors (Lipinski definition) is 5. The van der Waals surface area contributed by atoms with E-state index in [1.54, 1.807) is 17.7 Å². The molecule has 0 amide bonds. The quantitative estimate of drug-likeness (QED) is 0.691. The van der Waals surface area contributed by atoms with Gasteiger partial charge in [0.05, 0.1) is 10.2 Å². The molecule has 4 nitrogen and oxygen atoms in total. The van der Waals surface area contributed by atoms with Crippen LogP contribution in [0.25, 0.3) is 20.4 Å². The van der Waals surface area contributed by atoms with Crippen molar-refractivity contribution in [3.63, 3.8) is 0 Å². The molecule has 3 aromatic rings. The summed E-state index contributed by atoms with van der Waals surface area (Å²) in [5.41, 5.74) is 3.41. The third kappa shape index (κ3) is 1.64. The Labute approximate surface area is 126 Å². The SMILES string of the molecule is Cc1cc(C)c2c(n1)sc1c(N3CC4CC4C3)ncnc12. The van der Waals surface area contributed by atoms with Gasteiger partial charge in [0.2, 0.25) is 0 Å². The Morgan fingerprint density at radius 3 is 2.81 bits per heavy atom. The highest BCUT2D eigenvalue weighted by molar-refractivity contribution is 7.26. The molecule has 1 saturated carbocycles. The van der Waals surface area contributed by atoms with Gasteiger partial charge in [0, 0.05) is 24.2 Å². The summed E-state index contributed by atoms with van der Waals surface area (Å²) in [6, 6.07) is 2.14. The van der Waals surface area contributed by atoms with Crippen molar-refractivity contribution in [2.75, 3.05) is 18.0 Å². The minimum Gasteiger partial charge on any atom is -0.355 e. The van der Waals surface area contributed by atoms with E-state index < -0.39 is 0 Å². The highest BCUT2D eigenvalue weighted by Gasteiger charge is 2.45. The van der Waals surface area contributed by atoms with Crippen LogP contribution in [0, 0.1) is 25.7 Å². The Balaban J connectivity index is 1.78. The van der Waals surface area contributed by atoms with E-state index in [1.807, 2.05) is 0 Å². The molecule has 1 saturated heterocycles. The maximum Gasteiger partial charge on any atom is 0.150 e. The zero-order valence-corrected chi connectivity index (χ0v) is 12.9. The zero-order chi connectivity index (χ0) is 14.1. The molecule has 21 heavy (non-hydrogen) atoms. The molecule has 0 bridgehead atoms. The normalized spacial score (nSPS) is 24.0. The monoisotopic (exact) mass is 296 g/mol. The first-order chi connectivity index (χ1) is 10.2. The molecule has 2 aliphatic rings. The number of anilines is 1. The lowest BCUT2D eigenvalue weighted by molar-refractivity contribution is 0.808. The standard InChI is InChI=1S/C16H16N4S/c1-8-3-9(2)19-16-12(8)13-14(21-16)15(18-7-17-13)20-5-10-4-11(10)6-20/h3,7,10-11H,4-6H2,1-2H3. The number of aromatic nitrogens is 3. The summed E-state index contributed by atoms with van der Waals surface area (Å²) in [5.74, 6) is 2.94. The van der Waals surface area contributed by atoms with Gasteiger partial charge in [-0.1, -0.05) is 0 Å². The van der Waals surface area contributed by atoms with Crippen molar-refractivity contribution in [1.29, 1.82) is 0 Å². The fraction of sp³-hybridized carbons (Fsp3) is 0.438. The molecule has 0 spiro atoms. The Hall–Kier alpha value is -1.75. The maximum atomic E-state index is 4.70. The lowest BCUT2D eigenvalue weighted by Gasteiger charge is -2.18. The van der Waals surface area contributed by atoms with Gasteiger partial charge in [0.25, 0.3) is 0 Å². The van der Waals surface area contributed by atoms with Crippen molar-refractivity contribution in [2.24, 2.45) is 11.8 Å². The Kier molecular flexibility index (Phi) is 2.21. The van der Waals surface area contributed by atoms with Crippen molar-refractivity contribution in [1.82, 2.24) is 15.0 Å². The fourth-order valence-electron chi connectivity index (χ4n) is 3.69. The summed E-state index contributed by atoms with van der Waals surface area (Å²) in [6.45, 7) is 6.53. The van der Waals surface area contributed by atoms with Gasteiger partial charge in [-0.15, -0.1) is 11.3 Å². The highest BCUT2D eigenvalue weighted by Crippen LogP contribution is 2.48. The second kappa shape index (κ2) is 3.91. The minimum atomic E-state index is 0.909. The summed E-state index contributed by atoms with van der Waals surface area (Å²) in [4.78, 5) is 17.4. The average molecular weight is 296 g/mol. The van der Waals surface area contributed by atoms with Gasteiger partial charge in [-0.25, -0.2) is 15.0 Å². The van der Waals surface area contributed by atoms with E-state index in [0.29, 0.717) is 0 Å². The summed E-state index contributed by atoms with van der Waals surface area (Å²) in [7, 11) is 0. The second-order valence-electron chi connectivity index (χ2n) is 6.40. The van der Waals surface area contributed by atoms with E-state index in [9.17, 15) is 0 Å². The van der Waals surface area contributed by atoms with E-state index in [2.05, 4.69) is 34.8 Å². The molecule has 0 radical (unpaired) electrons. The van der Waals surface area contributed by atoms with Gasteiger partial charge in [0.15, 0.2) is 0 Å². The summed E-state index contributed by atoms with van der Waals surface area (Å²) >= 11 is 1.74. The van der Waals surface area contributed by atoms with Crippen LogP contribution in [0.3, 0.4) is 0 Å². The number of pyridine rings is 1. The predicted octanol–water partition coefficient (Wildman–Crippen LogP) is 3.31. The lowest BCUT2D eigenvalue weighted by atomic mass is 10.1. The van der Waals surface area contributed by atoms with Crippen molar-refractivity contribution in [3.05, 3.63) is 23.7 Å².